The first kappa shape index (κ1) is 11.5. The second-order valence-electron chi connectivity index (χ2n) is 4.39. The van der Waals surface area contributed by atoms with Gasteiger partial charge >= 0.3 is 0 Å². The first-order valence-electron chi connectivity index (χ1n) is 5.33. The van der Waals surface area contributed by atoms with Crippen LogP contribution in [0.2, 0.25) is 0 Å². The van der Waals surface area contributed by atoms with Crippen LogP contribution in [0.4, 0.5) is 0 Å². The standard InChI is InChI=1S/C12H15NO2S/c14-8-12(4-5-12)7-13-11(15)9-2-1-3-10(16)6-9/h1-3,6,14,16H,4-5,7-8H2,(H,13,15). The van der Waals surface area contributed by atoms with Gasteiger partial charge in [-0.3, -0.25) is 4.79 Å². The molecule has 16 heavy (non-hydrogen) atoms. The number of benzene rings is 1. The van der Waals surface area contributed by atoms with E-state index in [1.807, 2.05) is 6.07 Å². The normalized spacial score (nSPS) is 16.9. The maximum atomic E-state index is 11.8. The van der Waals surface area contributed by atoms with Crippen LogP contribution in [-0.2, 0) is 0 Å². The minimum atomic E-state index is -0.101. The van der Waals surface area contributed by atoms with Crippen molar-refractivity contribution < 1.29 is 9.90 Å². The van der Waals surface area contributed by atoms with Crippen LogP contribution in [-0.4, -0.2) is 24.2 Å². The lowest BCUT2D eigenvalue weighted by Crippen LogP contribution is -2.31. The molecule has 0 atom stereocenters. The topological polar surface area (TPSA) is 49.3 Å². The van der Waals surface area contributed by atoms with Crippen molar-refractivity contribution in [3.05, 3.63) is 29.8 Å². The SMILES string of the molecule is O=C(NCC1(CO)CC1)c1cccc(S)c1. The number of amides is 1. The van der Waals surface area contributed by atoms with E-state index in [-0.39, 0.29) is 17.9 Å². The van der Waals surface area contributed by atoms with E-state index in [0.29, 0.717) is 12.1 Å². The molecule has 86 valence electrons. The lowest BCUT2D eigenvalue weighted by atomic mass is 10.1. The molecule has 1 aromatic rings. The highest BCUT2D eigenvalue weighted by Crippen LogP contribution is 2.44. The van der Waals surface area contributed by atoms with Crippen molar-refractivity contribution in [3.8, 4) is 0 Å². The van der Waals surface area contributed by atoms with E-state index in [0.717, 1.165) is 17.7 Å². The number of hydrogen-bond donors (Lipinski definition) is 3. The maximum Gasteiger partial charge on any atom is 0.251 e. The number of thiol groups is 1. The number of aliphatic hydroxyl groups is 1. The van der Waals surface area contributed by atoms with Crippen LogP contribution in [0.3, 0.4) is 0 Å². The predicted molar refractivity (Wildman–Crippen MR) is 64.8 cm³/mol. The number of aliphatic hydroxyl groups excluding tert-OH is 1. The Hall–Kier alpha value is -1.00. The number of nitrogens with one attached hydrogen (secondary N) is 1. The molecule has 1 amide bonds. The highest BCUT2D eigenvalue weighted by atomic mass is 32.1. The van der Waals surface area contributed by atoms with Crippen LogP contribution in [0.15, 0.2) is 29.2 Å². The fraction of sp³-hybridized carbons (Fsp3) is 0.417. The molecule has 1 aliphatic carbocycles. The van der Waals surface area contributed by atoms with Gasteiger partial charge in [0.25, 0.3) is 5.91 Å². The molecular formula is C12H15NO2S. The van der Waals surface area contributed by atoms with Gasteiger partial charge in [0.1, 0.15) is 0 Å². The third-order valence-corrected chi connectivity index (χ3v) is 3.30. The van der Waals surface area contributed by atoms with Gasteiger partial charge in [-0.15, -0.1) is 12.6 Å². The van der Waals surface area contributed by atoms with E-state index < -0.39 is 0 Å². The van der Waals surface area contributed by atoms with Crippen molar-refractivity contribution in [1.82, 2.24) is 5.32 Å². The van der Waals surface area contributed by atoms with Gasteiger partial charge in [0, 0.05) is 22.4 Å². The molecule has 0 radical (unpaired) electrons. The summed E-state index contributed by atoms with van der Waals surface area (Å²) in [4.78, 5) is 12.5. The van der Waals surface area contributed by atoms with E-state index in [1.54, 1.807) is 18.2 Å². The van der Waals surface area contributed by atoms with Crippen LogP contribution in [0.25, 0.3) is 0 Å². The molecule has 0 bridgehead atoms. The van der Waals surface area contributed by atoms with Gasteiger partial charge in [-0.2, -0.15) is 0 Å². The molecule has 0 aliphatic heterocycles. The Morgan fingerprint density at radius 2 is 2.25 bits per heavy atom. The molecule has 0 aromatic heterocycles. The quantitative estimate of drug-likeness (QED) is 0.695. The summed E-state index contributed by atoms with van der Waals surface area (Å²) in [5.41, 5.74) is 0.565. The van der Waals surface area contributed by atoms with E-state index in [4.69, 9.17) is 5.11 Å². The third-order valence-electron chi connectivity index (χ3n) is 3.02. The molecule has 0 saturated heterocycles. The zero-order valence-corrected chi connectivity index (χ0v) is 9.83. The van der Waals surface area contributed by atoms with Crippen LogP contribution >= 0.6 is 12.6 Å². The molecular weight excluding hydrogens is 222 g/mol. The number of hydrogen-bond acceptors (Lipinski definition) is 3. The minimum Gasteiger partial charge on any atom is -0.396 e. The molecule has 1 fully saturated rings. The van der Waals surface area contributed by atoms with E-state index in [2.05, 4.69) is 17.9 Å². The molecule has 2 rings (SSSR count). The van der Waals surface area contributed by atoms with Gasteiger partial charge in [0.2, 0.25) is 0 Å². The average molecular weight is 237 g/mol. The Morgan fingerprint density at radius 3 is 2.81 bits per heavy atom. The molecule has 2 N–H and O–H groups in total. The molecule has 0 unspecified atom stereocenters. The van der Waals surface area contributed by atoms with Crippen LogP contribution < -0.4 is 5.32 Å². The molecule has 4 heteroatoms. The Kier molecular flexibility index (Phi) is 3.21. The molecule has 1 aromatic carbocycles. The first-order valence-corrected chi connectivity index (χ1v) is 5.78. The summed E-state index contributed by atoms with van der Waals surface area (Å²) in [5.74, 6) is -0.101. The van der Waals surface area contributed by atoms with Crippen LogP contribution in [0, 0.1) is 5.41 Å². The van der Waals surface area contributed by atoms with Crippen LogP contribution in [0.5, 0.6) is 0 Å². The largest absolute Gasteiger partial charge is 0.396 e. The highest BCUT2D eigenvalue weighted by molar-refractivity contribution is 7.80. The van der Waals surface area contributed by atoms with Gasteiger partial charge in [-0.05, 0) is 31.0 Å². The summed E-state index contributed by atoms with van der Waals surface area (Å²) in [6.07, 6.45) is 1.99. The zero-order chi connectivity index (χ0) is 11.6. The fourth-order valence-corrected chi connectivity index (χ4v) is 1.81. The Morgan fingerprint density at radius 1 is 1.50 bits per heavy atom. The summed E-state index contributed by atoms with van der Waals surface area (Å²) in [6, 6.07) is 7.12. The molecule has 0 spiro atoms. The molecule has 3 nitrogen and oxygen atoms in total. The van der Waals surface area contributed by atoms with Crippen molar-refractivity contribution in [1.29, 1.82) is 0 Å². The van der Waals surface area contributed by atoms with E-state index >= 15 is 0 Å². The minimum absolute atomic E-state index is 0.0474. The van der Waals surface area contributed by atoms with Gasteiger partial charge < -0.3 is 10.4 Å². The number of rotatable bonds is 4. The first-order chi connectivity index (χ1) is 7.65. The molecule has 1 saturated carbocycles. The zero-order valence-electron chi connectivity index (χ0n) is 8.94. The second-order valence-corrected chi connectivity index (χ2v) is 4.91. The summed E-state index contributed by atoms with van der Waals surface area (Å²) in [6.45, 7) is 0.707. The van der Waals surface area contributed by atoms with Crippen LogP contribution in [0.1, 0.15) is 23.2 Å². The van der Waals surface area contributed by atoms with E-state index in [1.165, 1.54) is 0 Å². The van der Waals surface area contributed by atoms with Crippen molar-refractivity contribution >= 4 is 18.5 Å². The second kappa shape index (κ2) is 4.47. The lowest BCUT2D eigenvalue weighted by molar-refractivity contribution is 0.0935. The third kappa shape index (κ3) is 2.57. The number of carbonyl (C=O) groups is 1. The van der Waals surface area contributed by atoms with Gasteiger partial charge in [0.15, 0.2) is 0 Å². The van der Waals surface area contributed by atoms with Gasteiger partial charge in [0.05, 0.1) is 6.61 Å². The average Bonchev–Trinajstić information content (AvgIpc) is 3.07. The fourth-order valence-electron chi connectivity index (χ4n) is 1.58. The van der Waals surface area contributed by atoms with E-state index in [9.17, 15) is 4.79 Å². The monoisotopic (exact) mass is 237 g/mol. The predicted octanol–water partition coefficient (Wildman–Crippen LogP) is 1.48. The summed E-state index contributed by atoms with van der Waals surface area (Å²) in [5, 5.41) is 12.0. The Labute approximate surface area is 100 Å². The van der Waals surface area contributed by atoms with Crippen molar-refractivity contribution in [3.63, 3.8) is 0 Å². The van der Waals surface area contributed by atoms with Crippen molar-refractivity contribution in [2.45, 2.75) is 17.7 Å². The Bertz CT molecular complexity index is 402. The molecule has 0 heterocycles. The van der Waals surface area contributed by atoms with Gasteiger partial charge in [-0.1, -0.05) is 6.07 Å². The van der Waals surface area contributed by atoms with Gasteiger partial charge in [-0.25, -0.2) is 0 Å². The number of carbonyl (C=O) groups excluding carboxylic acids is 1. The summed E-state index contributed by atoms with van der Waals surface area (Å²) in [7, 11) is 0. The molecule has 1 aliphatic rings. The van der Waals surface area contributed by atoms with Crippen molar-refractivity contribution in [2.24, 2.45) is 5.41 Å². The summed E-state index contributed by atoms with van der Waals surface area (Å²) >= 11 is 4.18. The van der Waals surface area contributed by atoms with Crippen molar-refractivity contribution in [2.75, 3.05) is 13.2 Å². The Balaban J connectivity index is 1.93. The maximum absolute atomic E-state index is 11.8. The smallest absolute Gasteiger partial charge is 0.251 e. The highest BCUT2D eigenvalue weighted by Gasteiger charge is 2.42. The summed E-state index contributed by atoms with van der Waals surface area (Å²) < 4.78 is 0. The lowest BCUT2D eigenvalue weighted by Gasteiger charge is -2.12.